The highest BCUT2D eigenvalue weighted by Gasteiger charge is 2.02. The van der Waals surface area contributed by atoms with Gasteiger partial charge in [-0.1, -0.05) is 30.3 Å². The molecule has 1 amide bonds. The number of carbonyl (C=O) groups is 1. The molecule has 0 bridgehead atoms. The molecule has 2 aromatic rings. The number of benzene rings is 1. The minimum absolute atomic E-state index is 0.170. The van der Waals surface area contributed by atoms with Crippen molar-refractivity contribution in [1.29, 1.82) is 0 Å². The summed E-state index contributed by atoms with van der Waals surface area (Å²) in [4.78, 5) is 10.8. The third-order valence-corrected chi connectivity index (χ3v) is 2.48. The van der Waals surface area contributed by atoms with Gasteiger partial charge in [-0.2, -0.15) is 0 Å². The van der Waals surface area contributed by atoms with E-state index in [9.17, 15) is 4.79 Å². The van der Waals surface area contributed by atoms with Crippen molar-refractivity contribution in [3.8, 4) is 0 Å². The number of hydrogen-bond acceptors (Lipinski definition) is 4. The molecule has 0 unspecified atom stereocenters. The van der Waals surface area contributed by atoms with Crippen LogP contribution in [0.25, 0.3) is 0 Å². The van der Waals surface area contributed by atoms with Gasteiger partial charge in [-0.15, -0.1) is 10.2 Å². The average molecular weight is 242 g/mol. The zero-order valence-electron chi connectivity index (χ0n) is 9.84. The molecule has 0 aliphatic heterocycles. The molecule has 0 fully saturated rings. The van der Waals surface area contributed by atoms with E-state index in [2.05, 4.69) is 27.6 Å². The minimum atomic E-state index is -0.571. The molecule has 92 valence electrons. The standard InChI is InChI=1S/C13H14N4O/c14-13(18)11-6-7-12(17-16-11)15-9-8-10-4-2-1-3-5-10/h1-7H,8-9H2,(H2,14,18)(H,15,17). The normalized spacial score (nSPS) is 10.0. The van der Waals surface area contributed by atoms with E-state index in [1.54, 1.807) is 12.1 Å². The Morgan fingerprint density at radius 3 is 2.50 bits per heavy atom. The number of anilines is 1. The number of carbonyl (C=O) groups excluding carboxylic acids is 1. The van der Waals surface area contributed by atoms with Crippen molar-refractivity contribution in [2.45, 2.75) is 6.42 Å². The largest absolute Gasteiger partial charge is 0.368 e. The summed E-state index contributed by atoms with van der Waals surface area (Å²) >= 11 is 0. The lowest BCUT2D eigenvalue weighted by Crippen LogP contribution is -2.14. The molecular formula is C13H14N4O. The van der Waals surface area contributed by atoms with Gasteiger partial charge in [0.05, 0.1) is 0 Å². The molecule has 1 aromatic heterocycles. The molecule has 5 nitrogen and oxygen atoms in total. The van der Waals surface area contributed by atoms with Gasteiger partial charge in [0.2, 0.25) is 0 Å². The van der Waals surface area contributed by atoms with Crippen molar-refractivity contribution in [3.63, 3.8) is 0 Å². The van der Waals surface area contributed by atoms with Crippen LogP contribution in [0.15, 0.2) is 42.5 Å². The van der Waals surface area contributed by atoms with Crippen LogP contribution >= 0.6 is 0 Å². The second-order valence-corrected chi connectivity index (χ2v) is 3.83. The molecule has 0 aliphatic rings. The van der Waals surface area contributed by atoms with Crippen LogP contribution in [0.3, 0.4) is 0 Å². The fourth-order valence-electron chi connectivity index (χ4n) is 1.54. The Morgan fingerprint density at radius 2 is 1.89 bits per heavy atom. The summed E-state index contributed by atoms with van der Waals surface area (Å²) in [7, 11) is 0. The predicted molar refractivity (Wildman–Crippen MR) is 69.2 cm³/mol. The quantitative estimate of drug-likeness (QED) is 0.826. The fraction of sp³-hybridized carbons (Fsp3) is 0.154. The van der Waals surface area contributed by atoms with E-state index in [-0.39, 0.29) is 5.69 Å². The Labute approximate surface area is 105 Å². The average Bonchev–Trinajstić information content (AvgIpc) is 2.40. The van der Waals surface area contributed by atoms with Crippen molar-refractivity contribution >= 4 is 11.7 Å². The summed E-state index contributed by atoms with van der Waals surface area (Å²) in [5.41, 5.74) is 6.50. The molecule has 3 N–H and O–H groups in total. The first-order valence-electron chi connectivity index (χ1n) is 5.67. The lowest BCUT2D eigenvalue weighted by Gasteiger charge is -2.05. The van der Waals surface area contributed by atoms with Gasteiger partial charge in [0.1, 0.15) is 5.82 Å². The molecule has 18 heavy (non-hydrogen) atoms. The van der Waals surface area contributed by atoms with Gasteiger partial charge in [-0.05, 0) is 24.1 Å². The highest BCUT2D eigenvalue weighted by molar-refractivity contribution is 5.90. The first kappa shape index (κ1) is 12.0. The van der Waals surface area contributed by atoms with Gasteiger partial charge in [0, 0.05) is 6.54 Å². The fourth-order valence-corrected chi connectivity index (χ4v) is 1.54. The number of hydrogen-bond donors (Lipinski definition) is 2. The number of primary amides is 1. The highest BCUT2D eigenvalue weighted by atomic mass is 16.1. The zero-order chi connectivity index (χ0) is 12.8. The second kappa shape index (κ2) is 5.77. The van der Waals surface area contributed by atoms with E-state index < -0.39 is 5.91 Å². The van der Waals surface area contributed by atoms with Crippen molar-refractivity contribution in [3.05, 3.63) is 53.7 Å². The lowest BCUT2D eigenvalue weighted by molar-refractivity contribution is 0.0994. The molecule has 1 aromatic carbocycles. The molecule has 0 saturated heterocycles. The molecule has 1 heterocycles. The SMILES string of the molecule is NC(=O)c1ccc(NCCc2ccccc2)nn1. The maximum atomic E-state index is 10.8. The van der Waals surface area contributed by atoms with Gasteiger partial charge in [-0.3, -0.25) is 4.79 Å². The first-order valence-corrected chi connectivity index (χ1v) is 5.67. The molecular weight excluding hydrogens is 228 g/mol. The summed E-state index contributed by atoms with van der Waals surface area (Å²) in [6, 6.07) is 13.4. The monoisotopic (exact) mass is 242 g/mol. The summed E-state index contributed by atoms with van der Waals surface area (Å²) in [6.45, 7) is 0.759. The van der Waals surface area contributed by atoms with Crippen LogP contribution in [0.2, 0.25) is 0 Å². The van der Waals surface area contributed by atoms with Crippen molar-refractivity contribution in [2.75, 3.05) is 11.9 Å². The van der Waals surface area contributed by atoms with E-state index in [1.165, 1.54) is 5.56 Å². The van der Waals surface area contributed by atoms with E-state index >= 15 is 0 Å². The predicted octanol–water partition coefficient (Wildman–Crippen LogP) is 1.23. The Kier molecular flexibility index (Phi) is 3.86. The Balaban J connectivity index is 1.85. The molecule has 0 radical (unpaired) electrons. The molecule has 0 spiro atoms. The van der Waals surface area contributed by atoms with Gasteiger partial charge >= 0.3 is 0 Å². The number of aromatic nitrogens is 2. The smallest absolute Gasteiger partial charge is 0.269 e. The van der Waals surface area contributed by atoms with E-state index in [0.717, 1.165) is 13.0 Å². The van der Waals surface area contributed by atoms with Gasteiger partial charge in [-0.25, -0.2) is 0 Å². The number of nitrogens with two attached hydrogens (primary N) is 1. The van der Waals surface area contributed by atoms with Crippen LogP contribution in [-0.2, 0) is 6.42 Å². The molecule has 0 saturated carbocycles. The highest BCUT2D eigenvalue weighted by Crippen LogP contribution is 2.03. The Bertz CT molecular complexity index is 510. The van der Waals surface area contributed by atoms with E-state index in [1.807, 2.05) is 18.2 Å². The van der Waals surface area contributed by atoms with Crippen LogP contribution in [0.1, 0.15) is 16.1 Å². The number of rotatable bonds is 5. The molecule has 2 rings (SSSR count). The van der Waals surface area contributed by atoms with E-state index in [0.29, 0.717) is 5.82 Å². The minimum Gasteiger partial charge on any atom is -0.368 e. The van der Waals surface area contributed by atoms with Crippen LogP contribution in [0, 0.1) is 0 Å². The Hall–Kier alpha value is -2.43. The summed E-state index contributed by atoms with van der Waals surface area (Å²) in [5, 5.41) is 10.7. The van der Waals surface area contributed by atoms with Crippen molar-refractivity contribution in [1.82, 2.24) is 10.2 Å². The maximum absolute atomic E-state index is 10.8. The van der Waals surface area contributed by atoms with Crippen LogP contribution in [0.5, 0.6) is 0 Å². The van der Waals surface area contributed by atoms with Gasteiger partial charge in [0.25, 0.3) is 5.91 Å². The third-order valence-electron chi connectivity index (χ3n) is 2.48. The number of amides is 1. The molecule has 0 atom stereocenters. The van der Waals surface area contributed by atoms with Crippen molar-refractivity contribution < 1.29 is 4.79 Å². The molecule has 5 heteroatoms. The Morgan fingerprint density at radius 1 is 1.11 bits per heavy atom. The summed E-state index contributed by atoms with van der Waals surface area (Å²) in [5.74, 6) is 0.0641. The summed E-state index contributed by atoms with van der Waals surface area (Å²) < 4.78 is 0. The van der Waals surface area contributed by atoms with E-state index in [4.69, 9.17) is 5.73 Å². The third kappa shape index (κ3) is 3.28. The van der Waals surface area contributed by atoms with Gasteiger partial charge < -0.3 is 11.1 Å². The van der Waals surface area contributed by atoms with Crippen LogP contribution < -0.4 is 11.1 Å². The lowest BCUT2D eigenvalue weighted by atomic mass is 10.1. The second-order valence-electron chi connectivity index (χ2n) is 3.83. The number of nitrogens with zero attached hydrogens (tertiary/aromatic N) is 2. The van der Waals surface area contributed by atoms with Crippen molar-refractivity contribution in [2.24, 2.45) is 5.73 Å². The topological polar surface area (TPSA) is 80.9 Å². The number of nitrogens with one attached hydrogen (secondary N) is 1. The molecule has 0 aliphatic carbocycles. The van der Waals surface area contributed by atoms with Crippen LogP contribution in [0.4, 0.5) is 5.82 Å². The zero-order valence-corrected chi connectivity index (χ0v) is 9.84. The van der Waals surface area contributed by atoms with Gasteiger partial charge in [0.15, 0.2) is 5.69 Å². The first-order chi connectivity index (χ1) is 8.75. The maximum Gasteiger partial charge on any atom is 0.269 e. The van der Waals surface area contributed by atoms with Crippen LogP contribution in [-0.4, -0.2) is 22.6 Å². The summed E-state index contributed by atoms with van der Waals surface area (Å²) in [6.07, 6.45) is 0.903.